The van der Waals surface area contributed by atoms with E-state index in [0.29, 0.717) is 29.5 Å². The van der Waals surface area contributed by atoms with Gasteiger partial charge in [0.1, 0.15) is 18.9 Å². The van der Waals surface area contributed by atoms with E-state index in [0.717, 1.165) is 12.0 Å². The molecule has 1 aliphatic rings. The Bertz CT molecular complexity index is 627. The Morgan fingerprint density at radius 1 is 1.35 bits per heavy atom. The number of carbonyl (C=O) groups is 2. The third-order valence-corrected chi connectivity index (χ3v) is 3.60. The number of halogens is 1. The van der Waals surface area contributed by atoms with E-state index in [1.54, 1.807) is 31.2 Å². The quantitative estimate of drug-likeness (QED) is 0.749. The van der Waals surface area contributed by atoms with Gasteiger partial charge in [0.2, 0.25) is 0 Å². The van der Waals surface area contributed by atoms with Gasteiger partial charge in [-0.1, -0.05) is 18.5 Å². The van der Waals surface area contributed by atoms with Gasteiger partial charge in [-0.05, 0) is 37.6 Å². The molecule has 1 aromatic rings. The second kappa shape index (κ2) is 8.02. The highest BCUT2D eigenvalue weighted by atomic mass is 35.5. The molecule has 0 radical (unpaired) electrons. The Hall–Kier alpha value is -2.01. The van der Waals surface area contributed by atoms with E-state index < -0.39 is 5.97 Å². The molecule has 0 atom stereocenters. The van der Waals surface area contributed by atoms with E-state index in [1.807, 2.05) is 6.92 Å². The van der Waals surface area contributed by atoms with Gasteiger partial charge in [0.05, 0.1) is 12.2 Å². The Balaban J connectivity index is 2.18. The zero-order valence-corrected chi connectivity index (χ0v) is 14.1. The fraction of sp³-hybridized carbons (Fsp3) is 0.412. The maximum absolute atomic E-state index is 12.7. The van der Waals surface area contributed by atoms with Crippen molar-refractivity contribution < 1.29 is 19.1 Å². The number of rotatable bonds is 6. The molecule has 1 aliphatic heterocycles. The minimum atomic E-state index is -0.407. The number of hydrogen-bond donors (Lipinski definition) is 0. The molecule has 1 amide bonds. The van der Waals surface area contributed by atoms with Gasteiger partial charge in [0, 0.05) is 17.1 Å². The molecule has 0 fully saturated rings. The van der Waals surface area contributed by atoms with Gasteiger partial charge in [-0.2, -0.15) is 0 Å². The third-order valence-electron chi connectivity index (χ3n) is 3.37. The van der Waals surface area contributed by atoms with Crippen LogP contribution in [0.15, 0.2) is 23.8 Å². The van der Waals surface area contributed by atoms with Crippen molar-refractivity contribution in [3.63, 3.8) is 0 Å². The maximum Gasteiger partial charge on any atom is 0.325 e. The minimum Gasteiger partial charge on any atom is -0.488 e. The second-order valence-corrected chi connectivity index (χ2v) is 5.61. The van der Waals surface area contributed by atoms with E-state index in [9.17, 15) is 9.59 Å². The number of amides is 1. The van der Waals surface area contributed by atoms with Crippen LogP contribution in [0.2, 0.25) is 5.02 Å². The molecule has 23 heavy (non-hydrogen) atoms. The topological polar surface area (TPSA) is 55.8 Å². The molecular formula is C17H20ClNO4. The molecule has 0 saturated heterocycles. The first-order valence-corrected chi connectivity index (χ1v) is 8.00. The predicted octanol–water partition coefficient (Wildman–Crippen LogP) is 2.92. The first kappa shape index (κ1) is 17.3. The monoisotopic (exact) mass is 337 g/mol. The molecule has 1 aromatic carbocycles. The van der Waals surface area contributed by atoms with Crippen molar-refractivity contribution in [2.24, 2.45) is 0 Å². The number of ether oxygens (including phenoxy) is 2. The first-order chi connectivity index (χ1) is 11.0. The van der Waals surface area contributed by atoms with Crippen molar-refractivity contribution in [3.8, 4) is 5.75 Å². The molecule has 0 aliphatic carbocycles. The van der Waals surface area contributed by atoms with Crippen LogP contribution in [0.5, 0.6) is 5.75 Å². The van der Waals surface area contributed by atoms with E-state index >= 15 is 0 Å². The first-order valence-electron chi connectivity index (χ1n) is 7.63. The zero-order valence-electron chi connectivity index (χ0n) is 13.3. The average Bonchev–Trinajstić information content (AvgIpc) is 2.53. The molecule has 0 aromatic heterocycles. The van der Waals surface area contributed by atoms with Gasteiger partial charge in [0.25, 0.3) is 5.91 Å². The van der Waals surface area contributed by atoms with Crippen LogP contribution in [0.3, 0.4) is 0 Å². The standard InChI is InChI=1S/C17H20ClNO4/c1-3-7-19(10-16(20)22-4-2)17(21)13-8-12-9-14(18)5-6-15(12)23-11-13/h5-6,8-9H,3-4,7,10-11H2,1-2H3. The Labute approximate surface area is 140 Å². The fourth-order valence-corrected chi connectivity index (χ4v) is 2.54. The Morgan fingerprint density at radius 3 is 2.83 bits per heavy atom. The van der Waals surface area contributed by atoms with E-state index in [2.05, 4.69) is 0 Å². The number of esters is 1. The molecule has 0 spiro atoms. The summed E-state index contributed by atoms with van der Waals surface area (Å²) in [7, 11) is 0. The summed E-state index contributed by atoms with van der Waals surface area (Å²) in [5.41, 5.74) is 1.26. The summed E-state index contributed by atoms with van der Waals surface area (Å²) in [5.74, 6) is 0.0685. The van der Waals surface area contributed by atoms with Crippen molar-refractivity contribution >= 4 is 29.6 Å². The van der Waals surface area contributed by atoms with Crippen LogP contribution in [0, 0.1) is 0 Å². The number of carbonyl (C=O) groups excluding carboxylic acids is 2. The lowest BCUT2D eigenvalue weighted by atomic mass is 10.1. The highest BCUT2D eigenvalue weighted by molar-refractivity contribution is 6.30. The summed E-state index contributed by atoms with van der Waals surface area (Å²) in [4.78, 5) is 25.8. The summed E-state index contributed by atoms with van der Waals surface area (Å²) in [6, 6.07) is 5.27. The maximum atomic E-state index is 12.7. The minimum absolute atomic E-state index is 0.0553. The molecule has 0 N–H and O–H groups in total. The Morgan fingerprint density at radius 2 is 2.13 bits per heavy atom. The molecule has 0 unspecified atom stereocenters. The van der Waals surface area contributed by atoms with Crippen LogP contribution >= 0.6 is 11.6 Å². The largest absolute Gasteiger partial charge is 0.488 e. The lowest BCUT2D eigenvalue weighted by molar-refractivity contribution is -0.148. The molecule has 0 saturated carbocycles. The van der Waals surface area contributed by atoms with E-state index in [1.165, 1.54) is 4.90 Å². The lowest BCUT2D eigenvalue weighted by Crippen LogP contribution is -2.39. The highest BCUT2D eigenvalue weighted by Gasteiger charge is 2.24. The molecule has 5 nitrogen and oxygen atoms in total. The molecular weight excluding hydrogens is 318 g/mol. The number of nitrogens with zero attached hydrogens (tertiary/aromatic N) is 1. The Kier molecular flexibility index (Phi) is 6.04. The fourth-order valence-electron chi connectivity index (χ4n) is 2.36. The van der Waals surface area contributed by atoms with Crippen molar-refractivity contribution in [1.29, 1.82) is 0 Å². The van der Waals surface area contributed by atoms with Gasteiger partial charge in [-0.25, -0.2) is 0 Å². The molecule has 0 bridgehead atoms. The van der Waals surface area contributed by atoms with Crippen LogP contribution in [0.4, 0.5) is 0 Å². The van der Waals surface area contributed by atoms with Crippen LogP contribution in [-0.4, -0.2) is 43.1 Å². The smallest absolute Gasteiger partial charge is 0.325 e. The van der Waals surface area contributed by atoms with E-state index in [-0.39, 0.29) is 19.1 Å². The van der Waals surface area contributed by atoms with Gasteiger partial charge in [-0.3, -0.25) is 9.59 Å². The van der Waals surface area contributed by atoms with Crippen LogP contribution < -0.4 is 4.74 Å². The SMILES string of the molecule is CCCN(CC(=O)OCC)C(=O)C1=Cc2cc(Cl)ccc2OC1. The second-order valence-electron chi connectivity index (χ2n) is 5.17. The number of hydrogen-bond acceptors (Lipinski definition) is 4. The summed E-state index contributed by atoms with van der Waals surface area (Å²) < 4.78 is 10.5. The molecule has 6 heteroatoms. The molecule has 1 heterocycles. The predicted molar refractivity (Wildman–Crippen MR) is 88.4 cm³/mol. The molecule has 2 rings (SSSR count). The summed E-state index contributed by atoms with van der Waals surface area (Å²) in [6.07, 6.45) is 2.52. The van der Waals surface area contributed by atoms with Gasteiger partial charge >= 0.3 is 5.97 Å². The van der Waals surface area contributed by atoms with Crippen molar-refractivity contribution in [3.05, 3.63) is 34.4 Å². The van der Waals surface area contributed by atoms with Gasteiger partial charge < -0.3 is 14.4 Å². The molecule has 124 valence electrons. The highest BCUT2D eigenvalue weighted by Crippen LogP contribution is 2.29. The summed E-state index contributed by atoms with van der Waals surface area (Å²) >= 11 is 5.98. The number of benzene rings is 1. The summed E-state index contributed by atoms with van der Waals surface area (Å²) in [5, 5.41) is 0.578. The lowest BCUT2D eigenvalue weighted by Gasteiger charge is -2.24. The van der Waals surface area contributed by atoms with Crippen LogP contribution in [0.1, 0.15) is 25.8 Å². The van der Waals surface area contributed by atoms with Gasteiger partial charge in [0.15, 0.2) is 0 Å². The van der Waals surface area contributed by atoms with E-state index in [4.69, 9.17) is 21.1 Å². The average molecular weight is 338 g/mol. The zero-order chi connectivity index (χ0) is 16.8. The number of fused-ring (bicyclic) bond motifs is 1. The third kappa shape index (κ3) is 4.48. The normalized spacial score (nSPS) is 12.7. The van der Waals surface area contributed by atoms with Crippen LogP contribution in [0.25, 0.3) is 6.08 Å². The van der Waals surface area contributed by atoms with Crippen LogP contribution in [-0.2, 0) is 14.3 Å². The van der Waals surface area contributed by atoms with Gasteiger partial charge in [-0.15, -0.1) is 0 Å². The van der Waals surface area contributed by atoms with Crippen molar-refractivity contribution in [2.45, 2.75) is 20.3 Å². The van der Waals surface area contributed by atoms with Crippen molar-refractivity contribution in [2.75, 3.05) is 26.3 Å². The summed E-state index contributed by atoms with van der Waals surface area (Å²) in [6.45, 7) is 4.59. The van der Waals surface area contributed by atoms with Crippen molar-refractivity contribution in [1.82, 2.24) is 4.90 Å².